The minimum Gasteiger partial charge on any atom is -0.382 e. The van der Waals surface area contributed by atoms with Gasteiger partial charge in [0.15, 0.2) is 5.82 Å². The number of nitrogens with zero attached hydrogens (tertiary/aromatic N) is 4. The van der Waals surface area contributed by atoms with E-state index in [1.807, 2.05) is 24.3 Å². The van der Waals surface area contributed by atoms with E-state index in [0.29, 0.717) is 16.5 Å². The quantitative estimate of drug-likeness (QED) is 0.441. The van der Waals surface area contributed by atoms with Crippen LogP contribution < -0.4 is 16.2 Å². The molecule has 0 amide bonds. The lowest BCUT2D eigenvalue weighted by molar-refractivity contribution is 0.248. The van der Waals surface area contributed by atoms with E-state index in [1.54, 1.807) is 12.1 Å². The molecular weight excluding hydrogens is 462 g/mol. The minimum atomic E-state index is -0.796. The summed E-state index contributed by atoms with van der Waals surface area (Å²) in [6, 6.07) is 11.9. The van der Waals surface area contributed by atoms with Crippen molar-refractivity contribution in [2.75, 3.05) is 43.4 Å². The summed E-state index contributed by atoms with van der Waals surface area (Å²) in [7, 11) is 0. The average molecular weight is 489 g/mol. The van der Waals surface area contributed by atoms with Gasteiger partial charge in [-0.25, -0.2) is 9.37 Å². The SMILES string of the molecule is Nc1nc(F)c(-c2ccc(N3CCN(CC4CC4)CC3)cc2)nc1-c1cc(F)c2c(=O)[nH]ccc2c1. The van der Waals surface area contributed by atoms with E-state index in [1.165, 1.54) is 31.6 Å². The molecule has 2 aromatic heterocycles. The van der Waals surface area contributed by atoms with E-state index >= 15 is 0 Å². The first-order chi connectivity index (χ1) is 17.5. The Balaban J connectivity index is 1.28. The fraction of sp³-hybridized carbons (Fsp3) is 0.296. The molecule has 36 heavy (non-hydrogen) atoms. The predicted octanol–water partition coefficient (Wildman–Crippen LogP) is 4.04. The third-order valence-corrected chi connectivity index (χ3v) is 7.07. The molecule has 0 atom stereocenters. The number of halogens is 2. The Kier molecular flexibility index (Phi) is 5.64. The molecule has 2 fully saturated rings. The normalized spacial score (nSPS) is 16.6. The first kappa shape index (κ1) is 22.6. The molecule has 0 radical (unpaired) electrons. The monoisotopic (exact) mass is 488 g/mol. The second-order valence-corrected chi connectivity index (χ2v) is 9.60. The summed E-state index contributed by atoms with van der Waals surface area (Å²) >= 11 is 0. The van der Waals surface area contributed by atoms with Crippen molar-refractivity contribution in [2.45, 2.75) is 12.8 Å². The van der Waals surface area contributed by atoms with Crippen molar-refractivity contribution in [1.82, 2.24) is 19.9 Å². The molecule has 1 aliphatic heterocycles. The van der Waals surface area contributed by atoms with Gasteiger partial charge < -0.3 is 15.6 Å². The molecule has 1 aliphatic carbocycles. The summed E-state index contributed by atoms with van der Waals surface area (Å²) < 4.78 is 29.6. The minimum absolute atomic E-state index is 0.0337. The van der Waals surface area contributed by atoms with Crippen LogP contribution in [-0.2, 0) is 0 Å². The molecule has 0 spiro atoms. The van der Waals surface area contributed by atoms with Gasteiger partial charge >= 0.3 is 0 Å². The maximum absolute atomic E-state index is 14.8. The van der Waals surface area contributed by atoms with Gasteiger partial charge in [0, 0.05) is 55.7 Å². The highest BCUT2D eigenvalue weighted by molar-refractivity contribution is 5.88. The van der Waals surface area contributed by atoms with Crippen molar-refractivity contribution in [1.29, 1.82) is 0 Å². The number of nitrogens with two attached hydrogens (primary N) is 1. The third-order valence-electron chi connectivity index (χ3n) is 7.07. The van der Waals surface area contributed by atoms with Gasteiger partial charge in [-0.1, -0.05) is 12.1 Å². The van der Waals surface area contributed by atoms with Crippen LogP contribution in [0.15, 0.2) is 53.5 Å². The molecule has 9 heteroatoms. The number of hydrogen-bond donors (Lipinski definition) is 2. The third kappa shape index (κ3) is 4.30. The van der Waals surface area contributed by atoms with Crippen LogP contribution in [0, 0.1) is 17.7 Å². The number of aromatic nitrogens is 3. The highest BCUT2D eigenvalue weighted by atomic mass is 19.1. The van der Waals surface area contributed by atoms with Crippen molar-refractivity contribution in [2.24, 2.45) is 5.92 Å². The summed E-state index contributed by atoms with van der Waals surface area (Å²) in [6.07, 6.45) is 4.17. The maximum Gasteiger partial charge on any atom is 0.258 e. The van der Waals surface area contributed by atoms with Crippen LogP contribution in [0.5, 0.6) is 0 Å². The largest absolute Gasteiger partial charge is 0.382 e. The molecule has 1 saturated heterocycles. The average Bonchev–Trinajstić information content (AvgIpc) is 3.69. The highest BCUT2D eigenvalue weighted by Gasteiger charge is 2.26. The molecule has 4 aromatic rings. The highest BCUT2D eigenvalue weighted by Crippen LogP contribution is 2.32. The van der Waals surface area contributed by atoms with Crippen molar-refractivity contribution in [3.8, 4) is 22.5 Å². The smallest absolute Gasteiger partial charge is 0.258 e. The van der Waals surface area contributed by atoms with Gasteiger partial charge in [-0.15, -0.1) is 0 Å². The molecule has 2 aliphatic rings. The van der Waals surface area contributed by atoms with Crippen LogP contribution >= 0.6 is 0 Å². The Morgan fingerprint density at radius 2 is 1.69 bits per heavy atom. The van der Waals surface area contributed by atoms with Crippen LogP contribution in [0.2, 0.25) is 0 Å². The maximum atomic E-state index is 14.8. The number of pyridine rings is 1. The Morgan fingerprint density at radius 3 is 2.42 bits per heavy atom. The molecule has 0 unspecified atom stereocenters. The number of fused-ring (bicyclic) bond motifs is 1. The fourth-order valence-corrected chi connectivity index (χ4v) is 4.92. The van der Waals surface area contributed by atoms with Gasteiger partial charge in [-0.05, 0) is 54.5 Å². The number of hydrogen-bond acceptors (Lipinski definition) is 6. The van der Waals surface area contributed by atoms with Gasteiger partial charge in [0.1, 0.15) is 17.2 Å². The van der Waals surface area contributed by atoms with E-state index in [-0.39, 0.29) is 22.6 Å². The van der Waals surface area contributed by atoms with Gasteiger partial charge in [0.05, 0.1) is 5.39 Å². The van der Waals surface area contributed by atoms with Crippen molar-refractivity contribution in [3.63, 3.8) is 0 Å². The second-order valence-electron chi connectivity index (χ2n) is 9.60. The topological polar surface area (TPSA) is 91.1 Å². The molecule has 0 bridgehead atoms. The van der Waals surface area contributed by atoms with Gasteiger partial charge in [0.2, 0.25) is 5.95 Å². The van der Waals surface area contributed by atoms with Crippen molar-refractivity contribution >= 4 is 22.3 Å². The van der Waals surface area contributed by atoms with Crippen LogP contribution in [0.3, 0.4) is 0 Å². The lowest BCUT2D eigenvalue weighted by Gasteiger charge is -2.36. The Hall–Kier alpha value is -3.85. The number of benzene rings is 2. The molecule has 6 rings (SSSR count). The van der Waals surface area contributed by atoms with Crippen LogP contribution in [0.1, 0.15) is 12.8 Å². The molecule has 7 nitrogen and oxygen atoms in total. The van der Waals surface area contributed by atoms with E-state index in [0.717, 1.165) is 37.8 Å². The lowest BCUT2D eigenvalue weighted by atomic mass is 10.0. The molecule has 184 valence electrons. The van der Waals surface area contributed by atoms with Crippen LogP contribution in [-0.4, -0.2) is 52.6 Å². The van der Waals surface area contributed by atoms with Crippen molar-refractivity contribution in [3.05, 3.63) is 70.8 Å². The number of piperazine rings is 1. The van der Waals surface area contributed by atoms with Gasteiger partial charge in [-0.3, -0.25) is 9.69 Å². The molecule has 3 heterocycles. The van der Waals surface area contributed by atoms with Crippen LogP contribution in [0.25, 0.3) is 33.3 Å². The van der Waals surface area contributed by atoms with Crippen molar-refractivity contribution < 1.29 is 8.78 Å². The Morgan fingerprint density at radius 1 is 0.944 bits per heavy atom. The predicted molar refractivity (Wildman–Crippen MR) is 137 cm³/mol. The zero-order valence-electron chi connectivity index (χ0n) is 19.7. The number of nitrogen functional groups attached to an aromatic ring is 1. The van der Waals surface area contributed by atoms with Crippen LogP contribution in [0.4, 0.5) is 20.3 Å². The Bertz CT molecular complexity index is 1490. The zero-order chi connectivity index (χ0) is 24.8. The molecular formula is C27H26F2N6O. The summed E-state index contributed by atoms with van der Waals surface area (Å²) in [5.74, 6) is -0.765. The summed E-state index contributed by atoms with van der Waals surface area (Å²) in [5, 5.41) is 0.335. The first-order valence-corrected chi connectivity index (χ1v) is 12.2. The zero-order valence-corrected chi connectivity index (χ0v) is 19.7. The fourth-order valence-electron chi connectivity index (χ4n) is 4.92. The van der Waals surface area contributed by atoms with E-state index in [4.69, 9.17) is 5.73 Å². The van der Waals surface area contributed by atoms with E-state index < -0.39 is 17.3 Å². The van der Waals surface area contributed by atoms with E-state index in [2.05, 4.69) is 24.8 Å². The van der Waals surface area contributed by atoms with E-state index in [9.17, 15) is 13.6 Å². The lowest BCUT2D eigenvalue weighted by Crippen LogP contribution is -2.47. The molecule has 2 aromatic carbocycles. The standard InChI is InChI=1S/C27H26F2N6O/c28-21-14-19(13-18-7-8-31-27(36)22(18)21)24-26(30)33-25(29)23(32-24)17-3-5-20(6-4-17)35-11-9-34(10-12-35)15-16-1-2-16/h3-8,13-14,16H,1-2,9-12,15H2,(H2,30,33)(H,31,36). The van der Waals surface area contributed by atoms with Gasteiger partial charge in [0.25, 0.3) is 5.56 Å². The number of rotatable bonds is 5. The number of nitrogens with one attached hydrogen (secondary N) is 1. The number of aromatic amines is 1. The summed E-state index contributed by atoms with van der Waals surface area (Å²) in [4.78, 5) is 27.6. The molecule has 1 saturated carbocycles. The Labute approximate surface area is 206 Å². The summed E-state index contributed by atoms with van der Waals surface area (Å²) in [6.45, 7) is 5.23. The van der Waals surface area contributed by atoms with Gasteiger partial charge in [-0.2, -0.15) is 9.37 Å². The summed E-state index contributed by atoms with van der Waals surface area (Å²) in [5.41, 5.74) is 7.59. The number of anilines is 2. The number of H-pyrrole nitrogens is 1. The molecule has 3 N–H and O–H groups in total. The first-order valence-electron chi connectivity index (χ1n) is 12.2. The second kappa shape index (κ2) is 8.98.